The molecule has 0 fully saturated rings. The van der Waals surface area contributed by atoms with E-state index in [1.807, 2.05) is 0 Å². The van der Waals surface area contributed by atoms with E-state index in [1.54, 1.807) is 0 Å². The summed E-state index contributed by atoms with van der Waals surface area (Å²) in [4.78, 5) is 37.6. The molecule has 0 rings (SSSR count). The van der Waals surface area contributed by atoms with E-state index >= 15 is 0 Å². The summed E-state index contributed by atoms with van der Waals surface area (Å²) in [6.07, 6.45) is 65.5. The molecule has 0 saturated heterocycles. The molecule has 0 aliphatic carbocycles. The maximum absolute atomic E-state index is 12.7. The molecule has 0 bridgehead atoms. The van der Waals surface area contributed by atoms with Gasteiger partial charge >= 0.3 is 17.9 Å². The van der Waals surface area contributed by atoms with Gasteiger partial charge in [0.05, 0.1) is 0 Å². The number of rotatable bonds is 49. The third-order valence-corrected chi connectivity index (χ3v) is 11.8. The fourth-order valence-corrected chi connectivity index (χ4v) is 7.70. The number of carbonyl (C=O) groups is 3. The second-order valence-corrected chi connectivity index (χ2v) is 18.1. The highest BCUT2D eigenvalue weighted by Crippen LogP contribution is 2.16. The van der Waals surface area contributed by atoms with Gasteiger partial charge in [0.2, 0.25) is 0 Å². The third-order valence-electron chi connectivity index (χ3n) is 11.8. The predicted molar refractivity (Wildman–Crippen MR) is 275 cm³/mol. The van der Waals surface area contributed by atoms with Gasteiger partial charge in [-0.25, -0.2) is 0 Å². The Kier molecular flexibility index (Phi) is 50.4. The Morgan fingerprint density at radius 2 is 0.609 bits per heavy atom. The molecule has 0 amide bonds. The van der Waals surface area contributed by atoms with Crippen LogP contribution in [-0.4, -0.2) is 37.2 Å². The summed E-state index contributed by atoms with van der Waals surface area (Å²) in [6, 6.07) is 0. The molecule has 64 heavy (non-hydrogen) atoms. The first-order chi connectivity index (χ1) is 31.5. The Labute approximate surface area is 396 Å². The fraction of sp³-hybridized carbons (Fsp3) is 0.776. The monoisotopic (exact) mass is 895 g/mol. The number of hydrogen-bond acceptors (Lipinski definition) is 6. The summed E-state index contributed by atoms with van der Waals surface area (Å²) >= 11 is 0. The lowest BCUT2D eigenvalue weighted by Crippen LogP contribution is -2.30. The molecule has 0 N–H and O–H groups in total. The van der Waals surface area contributed by atoms with E-state index in [-0.39, 0.29) is 31.1 Å². The van der Waals surface area contributed by atoms with Crippen LogP contribution in [0.5, 0.6) is 0 Å². The van der Waals surface area contributed by atoms with Crippen LogP contribution in [0.15, 0.2) is 60.8 Å². The Bertz CT molecular complexity index is 1170. The molecule has 370 valence electrons. The smallest absolute Gasteiger partial charge is 0.306 e. The first kappa shape index (κ1) is 61.1. The molecule has 0 aliphatic rings. The summed E-state index contributed by atoms with van der Waals surface area (Å²) in [7, 11) is 0. The van der Waals surface area contributed by atoms with Crippen molar-refractivity contribution in [3.63, 3.8) is 0 Å². The average molecular weight is 895 g/mol. The minimum Gasteiger partial charge on any atom is -0.462 e. The summed E-state index contributed by atoms with van der Waals surface area (Å²) in [5.41, 5.74) is 0. The zero-order valence-electron chi connectivity index (χ0n) is 42.3. The number of ether oxygens (including phenoxy) is 3. The SMILES string of the molecule is CC/C=C\C/C=C\C/C=C\C/C=C\C/C=C\CCCCCCCCCCCCCCCCCC(=O)OCC(COC(=O)CCCCCCCC)OC(=O)CCCCCCCCCCC. The molecule has 6 heteroatoms. The molecule has 0 aliphatic heterocycles. The van der Waals surface area contributed by atoms with E-state index in [1.165, 1.54) is 141 Å². The van der Waals surface area contributed by atoms with Gasteiger partial charge in [0.1, 0.15) is 13.2 Å². The van der Waals surface area contributed by atoms with Crippen LogP contribution in [0.3, 0.4) is 0 Å². The van der Waals surface area contributed by atoms with Crippen LogP contribution in [0.4, 0.5) is 0 Å². The topological polar surface area (TPSA) is 78.9 Å². The van der Waals surface area contributed by atoms with Crippen molar-refractivity contribution in [2.45, 2.75) is 277 Å². The maximum Gasteiger partial charge on any atom is 0.306 e. The molecule has 1 unspecified atom stereocenters. The Hall–Kier alpha value is -2.89. The summed E-state index contributed by atoms with van der Waals surface area (Å²) in [5, 5.41) is 0. The molecule has 0 aromatic rings. The molecule has 0 aromatic carbocycles. The molecule has 0 spiro atoms. The van der Waals surface area contributed by atoms with Gasteiger partial charge in [0.15, 0.2) is 6.10 Å². The van der Waals surface area contributed by atoms with Gasteiger partial charge in [-0.3, -0.25) is 14.4 Å². The lowest BCUT2D eigenvalue weighted by molar-refractivity contribution is -0.167. The van der Waals surface area contributed by atoms with Crippen molar-refractivity contribution in [2.75, 3.05) is 13.2 Å². The number of carbonyl (C=O) groups excluding carboxylic acids is 3. The number of esters is 3. The molecule has 0 saturated carbocycles. The summed E-state index contributed by atoms with van der Waals surface area (Å²) in [6.45, 7) is 6.45. The van der Waals surface area contributed by atoms with E-state index < -0.39 is 6.10 Å². The second-order valence-electron chi connectivity index (χ2n) is 18.1. The normalized spacial score (nSPS) is 12.5. The molecule has 1 atom stereocenters. The Morgan fingerprint density at radius 3 is 0.953 bits per heavy atom. The Morgan fingerprint density at radius 1 is 0.328 bits per heavy atom. The highest BCUT2D eigenvalue weighted by Gasteiger charge is 2.19. The van der Waals surface area contributed by atoms with Crippen LogP contribution in [0.2, 0.25) is 0 Å². The summed E-state index contributed by atoms with van der Waals surface area (Å²) < 4.78 is 16.7. The molecular weight excluding hydrogens is 793 g/mol. The lowest BCUT2D eigenvalue weighted by Gasteiger charge is -2.18. The van der Waals surface area contributed by atoms with E-state index in [4.69, 9.17) is 14.2 Å². The lowest BCUT2D eigenvalue weighted by atomic mass is 10.0. The standard InChI is InChI=1S/C58H102O6/c1-4-7-10-13-16-18-19-20-21-22-23-24-25-26-27-28-29-30-31-32-33-34-35-36-37-38-39-41-42-45-48-51-57(60)63-54-55(53-62-56(59)50-47-44-15-12-9-6-3)64-58(61)52-49-46-43-40-17-14-11-8-5-2/h7,10,16,18,20-21,23-24,26-27,55H,4-6,8-9,11-15,17,19,22,25,28-54H2,1-3H3/b10-7-,18-16-,21-20-,24-23-,27-26-. The van der Waals surface area contributed by atoms with Crippen molar-refractivity contribution >= 4 is 17.9 Å². The second kappa shape index (κ2) is 52.7. The zero-order valence-corrected chi connectivity index (χ0v) is 42.3. The zero-order chi connectivity index (χ0) is 46.5. The highest BCUT2D eigenvalue weighted by molar-refractivity contribution is 5.71. The first-order valence-corrected chi connectivity index (χ1v) is 27.3. The first-order valence-electron chi connectivity index (χ1n) is 27.3. The molecule has 0 aromatic heterocycles. The molecule has 6 nitrogen and oxygen atoms in total. The predicted octanol–water partition coefficient (Wildman–Crippen LogP) is 18.0. The minimum atomic E-state index is -0.764. The van der Waals surface area contributed by atoms with E-state index in [0.29, 0.717) is 19.3 Å². The van der Waals surface area contributed by atoms with Crippen LogP contribution in [0, 0.1) is 0 Å². The van der Waals surface area contributed by atoms with Crippen LogP contribution >= 0.6 is 0 Å². The number of allylic oxidation sites excluding steroid dienone is 10. The minimum absolute atomic E-state index is 0.0704. The Balaban J connectivity index is 3.93. The van der Waals surface area contributed by atoms with Crippen molar-refractivity contribution in [3.8, 4) is 0 Å². The highest BCUT2D eigenvalue weighted by atomic mass is 16.6. The molecule has 0 radical (unpaired) electrons. The number of unbranched alkanes of at least 4 members (excludes halogenated alkanes) is 28. The quantitative estimate of drug-likeness (QED) is 0.0262. The van der Waals surface area contributed by atoms with Crippen molar-refractivity contribution in [1.29, 1.82) is 0 Å². The van der Waals surface area contributed by atoms with Crippen LogP contribution in [0.25, 0.3) is 0 Å². The van der Waals surface area contributed by atoms with E-state index in [2.05, 4.69) is 81.5 Å². The largest absolute Gasteiger partial charge is 0.462 e. The maximum atomic E-state index is 12.7. The van der Waals surface area contributed by atoms with Gasteiger partial charge in [-0.1, -0.05) is 248 Å². The van der Waals surface area contributed by atoms with Gasteiger partial charge in [0, 0.05) is 19.3 Å². The van der Waals surface area contributed by atoms with Gasteiger partial charge < -0.3 is 14.2 Å². The van der Waals surface area contributed by atoms with Gasteiger partial charge in [-0.2, -0.15) is 0 Å². The van der Waals surface area contributed by atoms with Crippen molar-refractivity contribution < 1.29 is 28.6 Å². The van der Waals surface area contributed by atoms with Crippen LogP contribution in [0.1, 0.15) is 271 Å². The summed E-state index contributed by atoms with van der Waals surface area (Å²) in [5.74, 6) is -0.877. The van der Waals surface area contributed by atoms with E-state index in [9.17, 15) is 14.4 Å². The van der Waals surface area contributed by atoms with Gasteiger partial charge in [-0.15, -0.1) is 0 Å². The van der Waals surface area contributed by atoms with Crippen LogP contribution in [-0.2, 0) is 28.6 Å². The third kappa shape index (κ3) is 50.1. The molecular formula is C58H102O6. The van der Waals surface area contributed by atoms with Crippen molar-refractivity contribution in [3.05, 3.63) is 60.8 Å². The number of hydrogen-bond donors (Lipinski definition) is 0. The van der Waals surface area contributed by atoms with Gasteiger partial charge in [-0.05, 0) is 64.2 Å². The van der Waals surface area contributed by atoms with Gasteiger partial charge in [0.25, 0.3) is 0 Å². The van der Waals surface area contributed by atoms with Crippen LogP contribution < -0.4 is 0 Å². The van der Waals surface area contributed by atoms with Crippen molar-refractivity contribution in [1.82, 2.24) is 0 Å². The van der Waals surface area contributed by atoms with E-state index in [0.717, 1.165) is 89.9 Å². The van der Waals surface area contributed by atoms with Crippen molar-refractivity contribution in [2.24, 2.45) is 0 Å². The molecule has 0 heterocycles. The fourth-order valence-electron chi connectivity index (χ4n) is 7.70. The average Bonchev–Trinajstić information content (AvgIpc) is 3.29.